The van der Waals surface area contributed by atoms with E-state index in [1.807, 2.05) is 6.92 Å². The molecule has 8 heteroatoms. The predicted molar refractivity (Wildman–Crippen MR) is 83.2 cm³/mol. The minimum Gasteiger partial charge on any atom is -0.474 e. The van der Waals surface area contributed by atoms with E-state index in [4.69, 9.17) is 19.9 Å². The van der Waals surface area contributed by atoms with Gasteiger partial charge in [0.15, 0.2) is 17.2 Å². The molecule has 0 spiro atoms. The Kier molecular flexibility index (Phi) is 5.05. The number of ether oxygens (including phenoxy) is 3. The molecule has 0 radical (unpaired) electrons. The molecule has 1 amide bonds. The van der Waals surface area contributed by atoms with Crippen LogP contribution in [-0.2, 0) is 19.1 Å². The fourth-order valence-electron chi connectivity index (χ4n) is 2.14. The van der Waals surface area contributed by atoms with Gasteiger partial charge in [0.1, 0.15) is 19.0 Å². The molecular weight excluding hydrogens is 302 g/mol. The Labute approximate surface area is 134 Å². The highest BCUT2D eigenvalue weighted by Crippen LogP contribution is 2.36. The van der Waals surface area contributed by atoms with Gasteiger partial charge in [0.2, 0.25) is 0 Å². The number of nitrogens with zero attached hydrogens (tertiary/aromatic N) is 2. The van der Waals surface area contributed by atoms with Crippen molar-refractivity contribution in [3.63, 3.8) is 0 Å². The van der Waals surface area contributed by atoms with E-state index in [-0.39, 0.29) is 30.7 Å². The Bertz CT molecular complexity index is 603. The molecule has 0 atom stereocenters. The Balaban J connectivity index is 2.14. The number of carbonyl (C=O) groups excluding carboxylic acids is 2. The minimum absolute atomic E-state index is 0.131. The van der Waals surface area contributed by atoms with Gasteiger partial charge in [0.25, 0.3) is 5.91 Å². The van der Waals surface area contributed by atoms with Crippen molar-refractivity contribution >= 4 is 23.5 Å². The van der Waals surface area contributed by atoms with Crippen LogP contribution < -0.4 is 15.4 Å². The van der Waals surface area contributed by atoms with Crippen LogP contribution in [0.4, 0.5) is 11.6 Å². The first kappa shape index (κ1) is 17.0. The number of fused-ring (bicyclic) bond motifs is 1. The summed E-state index contributed by atoms with van der Waals surface area (Å²) in [6, 6.07) is 3.20. The highest BCUT2D eigenvalue weighted by Gasteiger charge is 2.42. The van der Waals surface area contributed by atoms with Gasteiger partial charge in [0.05, 0.1) is 6.61 Å². The molecule has 2 rings (SSSR count). The first-order valence-electron chi connectivity index (χ1n) is 7.36. The van der Waals surface area contributed by atoms with Gasteiger partial charge >= 0.3 is 5.97 Å². The van der Waals surface area contributed by atoms with Crippen molar-refractivity contribution in [3.8, 4) is 5.75 Å². The lowest BCUT2D eigenvalue weighted by atomic mass is 10.1. The largest absolute Gasteiger partial charge is 0.474 e. The zero-order valence-electron chi connectivity index (χ0n) is 13.5. The van der Waals surface area contributed by atoms with Gasteiger partial charge < -0.3 is 19.9 Å². The van der Waals surface area contributed by atoms with Crippen molar-refractivity contribution in [3.05, 3.63) is 12.1 Å². The summed E-state index contributed by atoms with van der Waals surface area (Å²) in [5, 5.41) is 0. The summed E-state index contributed by atoms with van der Waals surface area (Å²) in [7, 11) is 0. The molecule has 2 N–H and O–H groups in total. The number of hydrogen-bond acceptors (Lipinski definition) is 7. The van der Waals surface area contributed by atoms with E-state index in [9.17, 15) is 9.59 Å². The van der Waals surface area contributed by atoms with Crippen LogP contribution in [0, 0.1) is 0 Å². The zero-order chi connectivity index (χ0) is 17.0. The fourth-order valence-corrected chi connectivity index (χ4v) is 2.14. The molecule has 0 aromatic carbocycles. The van der Waals surface area contributed by atoms with Crippen LogP contribution in [0.5, 0.6) is 5.75 Å². The number of aromatic nitrogens is 1. The smallest absolute Gasteiger partial charge is 0.326 e. The lowest BCUT2D eigenvalue weighted by Crippen LogP contribution is -2.54. The average Bonchev–Trinajstić information content (AvgIpc) is 2.49. The van der Waals surface area contributed by atoms with Gasteiger partial charge in [0, 0.05) is 6.61 Å². The molecule has 1 aromatic rings. The van der Waals surface area contributed by atoms with Crippen molar-refractivity contribution in [2.75, 3.05) is 37.0 Å². The summed E-state index contributed by atoms with van der Waals surface area (Å²) >= 11 is 0. The second kappa shape index (κ2) is 6.82. The third-order valence-corrected chi connectivity index (χ3v) is 3.22. The van der Waals surface area contributed by atoms with E-state index in [0.29, 0.717) is 19.0 Å². The maximum absolute atomic E-state index is 12.5. The summed E-state index contributed by atoms with van der Waals surface area (Å²) in [4.78, 5) is 29.8. The molecule has 0 saturated heterocycles. The molecule has 1 aliphatic rings. The standard InChI is InChI=1S/C15H21N3O5/c1-4-21-7-8-22-12(19)9-18-13-10(5-6-11(16)17-13)23-15(2,3)14(18)20/h5-6H,4,7-9H2,1-3H3,(H2,16,17). The van der Waals surface area contributed by atoms with Crippen molar-refractivity contribution in [1.29, 1.82) is 0 Å². The molecule has 0 bridgehead atoms. The van der Waals surface area contributed by atoms with E-state index in [2.05, 4.69) is 4.98 Å². The van der Waals surface area contributed by atoms with E-state index >= 15 is 0 Å². The summed E-state index contributed by atoms with van der Waals surface area (Å²) < 4.78 is 15.8. The van der Waals surface area contributed by atoms with Crippen LogP contribution in [0.15, 0.2) is 12.1 Å². The van der Waals surface area contributed by atoms with Crippen LogP contribution in [-0.4, -0.2) is 48.8 Å². The van der Waals surface area contributed by atoms with Gasteiger partial charge in [-0.3, -0.25) is 14.5 Å². The number of carbonyl (C=O) groups is 2. The van der Waals surface area contributed by atoms with Crippen LogP contribution >= 0.6 is 0 Å². The molecule has 1 aromatic heterocycles. The molecule has 1 aliphatic heterocycles. The average molecular weight is 323 g/mol. The van der Waals surface area contributed by atoms with Crippen molar-refractivity contribution in [2.45, 2.75) is 26.4 Å². The van der Waals surface area contributed by atoms with Gasteiger partial charge in [-0.05, 0) is 32.9 Å². The lowest BCUT2D eigenvalue weighted by molar-refractivity contribution is -0.145. The van der Waals surface area contributed by atoms with Gasteiger partial charge in [-0.1, -0.05) is 0 Å². The normalized spacial score (nSPS) is 15.8. The van der Waals surface area contributed by atoms with Crippen molar-refractivity contribution in [2.24, 2.45) is 0 Å². The Morgan fingerprint density at radius 1 is 1.39 bits per heavy atom. The first-order chi connectivity index (χ1) is 10.8. The van der Waals surface area contributed by atoms with Crippen LogP contribution in [0.25, 0.3) is 0 Å². The molecule has 2 heterocycles. The Hall–Kier alpha value is -2.35. The molecule has 0 fully saturated rings. The maximum Gasteiger partial charge on any atom is 0.326 e. The number of nitrogen functional groups attached to an aromatic ring is 1. The molecular formula is C15H21N3O5. The van der Waals surface area contributed by atoms with Gasteiger partial charge in [-0.25, -0.2) is 4.98 Å². The molecule has 8 nitrogen and oxygen atoms in total. The molecule has 0 saturated carbocycles. The molecule has 126 valence electrons. The second-order valence-corrected chi connectivity index (χ2v) is 5.48. The minimum atomic E-state index is -1.10. The highest BCUT2D eigenvalue weighted by molar-refractivity contribution is 6.04. The lowest BCUT2D eigenvalue weighted by Gasteiger charge is -2.37. The van der Waals surface area contributed by atoms with Crippen LogP contribution in [0.1, 0.15) is 20.8 Å². The number of nitrogens with two attached hydrogens (primary N) is 1. The van der Waals surface area contributed by atoms with Gasteiger partial charge in [-0.2, -0.15) is 0 Å². The number of anilines is 2. The summed E-state index contributed by atoms with van der Waals surface area (Å²) in [5.41, 5.74) is 4.56. The SMILES string of the molecule is CCOCCOC(=O)CN1C(=O)C(C)(C)Oc2ccc(N)nc21. The third-order valence-electron chi connectivity index (χ3n) is 3.22. The summed E-state index contributed by atoms with van der Waals surface area (Å²) in [5.74, 6) is -0.0904. The van der Waals surface area contributed by atoms with E-state index in [1.165, 1.54) is 4.90 Å². The molecule has 0 aliphatic carbocycles. The van der Waals surface area contributed by atoms with E-state index < -0.39 is 11.6 Å². The number of esters is 1. The zero-order valence-corrected chi connectivity index (χ0v) is 13.5. The Morgan fingerprint density at radius 2 is 2.13 bits per heavy atom. The van der Waals surface area contributed by atoms with Crippen molar-refractivity contribution < 1.29 is 23.8 Å². The maximum atomic E-state index is 12.5. The van der Waals surface area contributed by atoms with Crippen LogP contribution in [0.2, 0.25) is 0 Å². The number of hydrogen-bond donors (Lipinski definition) is 1. The first-order valence-corrected chi connectivity index (χ1v) is 7.36. The summed E-state index contributed by atoms with van der Waals surface area (Å²) in [6.07, 6.45) is 0. The number of amides is 1. The third kappa shape index (κ3) is 3.89. The van der Waals surface area contributed by atoms with Gasteiger partial charge in [-0.15, -0.1) is 0 Å². The van der Waals surface area contributed by atoms with Crippen LogP contribution in [0.3, 0.4) is 0 Å². The quantitative estimate of drug-likeness (QED) is 0.608. The monoisotopic (exact) mass is 323 g/mol. The van der Waals surface area contributed by atoms with Crippen molar-refractivity contribution in [1.82, 2.24) is 4.98 Å². The molecule has 0 unspecified atom stereocenters. The number of rotatable bonds is 6. The molecule has 23 heavy (non-hydrogen) atoms. The highest BCUT2D eigenvalue weighted by atomic mass is 16.6. The van der Waals surface area contributed by atoms with E-state index in [1.54, 1.807) is 26.0 Å². The Morgan fingerprint density at radius 3 is 2.83 bits per heavy atom. The predicted octanol–water partition coefficient (Wildman–Crippen LogP) is 0.747. The van der Waals surface area contributed by atoms with E-state index in [0.717, 1.165) is 0 Å². The number of pyridine rings is 1. The topological polar surface area (TPSA) is 104 Å². The summed E-state index contributed by atoms with van der Waals surface area (Å²) in [6.45, 7) is 5.83. The fraction of sp³-hybridized carbons (Fsp3) is 0.533. The second-order valence-electron chi connectivity index (χ2n) is 5.48.